The molecule has 6 rings (SSSR count). The van der Waals surface area contributed by atoms with E-state index in [4.69, 9.17) is 28.7 Å². The third-order valence-corrected chi connectivity index (χ3v) is 7.03. The average Bonchev–Trinajstić information content (AvgIpc) is 3.39. The maximum Gasteiger partial charge on any atom is 0.509 e. The number of nitrogens with zero attached hydrogens (tertiary/aromatic N) is 2. The van der Waals surface area contributed by atoms with Gasteiger partial charge in [0.1, 0.15) is 13.2 Å². The summed E-state index contributed by atoms with van der Waals surface area (Å²) in [6.45, 7) is 7.57. The minimum Gasteiger partial charge on any atom is -0.458 e. The lowest BCUT2D eigenvalue weighted by Gasteiger charge is -2.31. The number of benzene rings is 1. The van der Waals surface area contributed by atoms with Gasteiger partial charge in [-0.1, -0.05) is 45.9 Å². The number of pyridine rings is 2. The molecule has 5 heterocycles. The molecule has 4 atom stereocenters. The number of carbonyl (C=O) groups excluding carboxylic acids is 2. The molecular formula is C31H38N2O10. The van der Waals surface area contributed by atoms with Crippen molar-refractivity contribution in [2.75, 3.05) is 19.8 Å². The van der Waals surface area contributed by atoms with Crippen molar-refractivity contribution < 1.29 is 43.5 Å². The van der Waals surface area contributed by atoms with E-state index < -0.39 is 36.7 Å². The molecule has 1 saturated heterocycles. The third kappa shape index (κ3) is 6.88. The Balaban J connectivity index is 0.00000102. The number of aliphatic hydroxyl groups excluding tert-OH is 2. The SMILES string of the molecule is CC.CC.O=C(OCCO[C@H]1C[C@@H](O)C[C@@H](CO)O1)O[C@@H]1C(=O)OCc2c1cc1n(c2=O)Cc2cc3ccccc3nc2-1. The highest BCUT2D eigenvalue weighted by atomic mass is 16.7. The molecule has 2 aromatic heterocycles. The van der Waals surface area contributed by atoms with Gasteiger partial charge in [0.05, 0.1) is 54.4 Å². The fourth-order valence-corrected chi connectivity index (χ4v) is 5.18. The number of ether oxygens (including phenoxy) is 5. The van der Waals surface area contributed by atoms with Crippen LogP contribution in [0.15, 0.2) is 41.2 Å². The van der Waals surface area contributed by atoms with Gasteiger partial charge in [-0.15, -0.1) is 0 Å². The van der Waals surface area contributed by atoms with Crippen LogP contribution in [0, 0.1) is 0 Å². The van der Waals surface area contributed by atoms with Crippen LogP contribution in [-0.2, 0) is 41.6 Å². The van der Waals surface area contributed by atoms with Gasteiger partial charge in [-0.25, -0.2) is 14.6 Å². The lowest BCUT2D eigenvalue weighted by molar-refractivity contribution is -0.224. The van der Waals surface area contributed by atoms with Crippen LogP contribution < -0.4 is 5.56 Å². The quantitative estimate of drug-likeness (QED) is 0.247. The monoisotopic (exact) mass is 598 g/mol. The van der Waals surface area contributed by atoms with E-state index in [2.05, 4.69) is 0 Å². The minimum atomic E-state index is -1.48. The standard InChI is InChI=1S/C27H26N2O10.2C2H6/c30-12-17-8-16(31)9-22(38-17)35-5-6-36-27(34)39-24-18-10-21-23-15(7-14-3-1-2-4-20(14)28-23)11-29(21)25(32)19(18)13-37-26(24)33;2*1-2/h1-4,7,10,16-17,22,24,30-31H,5-6,8-9,11-13H2;2*1-2H3/t16-,17-,22+,24-;;/m0../s1. The Morgan fingerprint density at radius 2 is 1.86 bits per heavy atom. The van der Waals surface area contributed by atoms with E-state index in [9.17, 15) is 24.6 Å². The maximum atomic E-state index is 13.3. The molecule has 0 unspecified atom stereocenters. The molecule has 3 aliphatic heterocycles. The van der Waals surface area contributed by atoms with Crippen molar-refractivity contribution in [1.29, 1.82) is 0 Å². The van der Waals surface area contributed by atoms with Crippen LogP contribution in [0.5, 0.6) is 0 Å². The van der Waals surface area contributed by atoms with Crippen LogP contribution in [0.1, 0.15) is 63.3 Å². The van der Waals surface area contributed by atoms with Crippen LogP contribution in [0.4, 0.5) is 4.79 Å². The number of para-hydroxylation sites is 1. The van der Waals surface area contributed by atoms with Gasteiger partial charge in [0.15, 0.2) is 6.29 Å². The van der Waals surface area contributed by atoms with Crippen LogP contribution in [0.25, 0.3) is 22.3 Å². The molecule has 0 amide bonds. The van der Waals surface area contributed by atoms with Crippen LogP contribution >= 0.6 is 0 Å². The summed E-state index contributed by atoms with van der Waals surface area (Å²) in [5.74, 6) is -0.815. The molecule has 3 aromatic rings. The maximum absolute atomic E-state index is 13.3. The van der Waals surface area contributed by atoms with Crippen LogP contribution in [-0.4, -0.2) is 70.2 Å². The first kappa shape index (κ1) is 32.1. The molecular weight excluding hydrogens is 560 g/mol. The molecule has 2 N–H and O–H groups in total. The summed E-state index contributed by atoms with van der Waals surface area (Å²) < 4.78 is 28.0. The Morgan fingerprint density at radius 3 is 2.63 bits per heavy atom. The van der Waals surface area contributed by atoms with Crippen molar-refractivity contribution in [3.63, 3.8) is 0 Å². The predicted octanol–water partition coefficient (Wildman–Crippen LogP) is 3.60. The Labute approximate surface area is 249 Å². The zero-order valence-electron chi connectivity index (χ0n) is 24.8. The van der Waals surface area contributed by atoms with E-state index in [1.165, 1.54) is 0 Å². The fourth-order valence-electron chi connectivity index (χ4n) is 5.18. The van der Waals surface area contributed by atoms with Gasteiger partial charge in [0, 0.05) is 29.4 Å². The van der Waals surface area contributed by atoms with Gasteiger partial charge in [-0.05, 0) is 18.2 Å². The molecule has 0 saturated carbocycles. The normalized spacial score (nSPS) is 21.6. The van der Waals surface area contributed by atoms with Crippen molar-refractivity contribution in [2.24, 2.45) is 0 Å². The molecule has 1 aromatic carbocycles. The summed E-state index contributed by atoms with van der Waals surface area (Å²) in [6, 6.07) is 11.3. The van der Waals surface area contributed by atoms with E-state index in [1.807, 2.05) is 58.0 Å². The molecule has 0 radical (unpaired) electrons. The Morgan fingerprint density at radius 1 is 1.09 bits per heavy atom. The highest BCUT2D eigenvalue weighted by Gasteiger charge is 2.38. The molecule has 12 heteroatoms. The summed E-state index contributed by atoms with van der Waals surface area (Å²) in [7, 11) is 0. The second kappa shape index (κ2) is 14.6. The lowest BCUT2D eigenvalue weighted by atomic mass is 10.00. The van der Waals surface area contributed by atoms with Gasteiger partial charge in [0.2, 0.25) is 6.10 Å². The summed E-state index contributed by atoms with van der Waals surface area (Å²) >= 11 is 0. The third-order valence-electron chi connectivity index (χ3n) is 7.03. The van der Waals surface area contributed by atoms with E-state index in [0.29, 0.717) is 24.4 Å². The van der Waals surface area contributed by atoms with Gasteiger partial charge in [-0.3, -0.25) is 4.79 Å². The van der Waals surface area contributed by atoms with E-state index >= 15 is 0 Å². The van der Waals surface area contributed by atoms with Gasteiger partial charge in [-0.2, -0.15) is 0 Å². The second-order valence-corrected chi connectivity index (χ2v) is 9.61. The minimum absolute atomic E-state index is 0.0679. The van der Waals surface area contributed by atoms with Crippen molar-refractivity contribution in [1.82, 2.24) is 9.55 Å². The Bertz CT molecular complexity index is 1500. The summed E-state index contributed by atoms with van der Waals surface area (Å²) in [5, 5.41) is 20.0. The zero-order valence-corrected chi connectivity index (χ0v) is 24.8. The highest BCUT2D eigenvalue weighted by molar-refractivity contribution is 5.85. The van der Waals surface area contributed by atoms with E-state index in [0.717, 1.165) is 16.5 Å². The average molecular weight is 599 g/mol. The predicted molar refractivity (Wildman–Crippen MR) is 155 cm³/mol. The topological polar surface area (TPSA) is 156 Å². The van der Waals surface area contributed by atoms with Crippen molar-refractivity contribution in [3.8, 4) is 11.4 Å². The number of fused-ring (bicyclic) bond motifs is 5. The number of rotatable bonds is 6. The van der Waals surface area contributed by atoms with Crippen molar-refractivity contribution in [2.45, 2.75) is 78.3 Å². The Kier molecular flexibility index (Phi) is 10.9. The molecule has 0 aliphatic carbocycles. The number of esters is 1. The molecule has 12 nitrogen and oxygen atoms in total. The smallest absolute Gasteiger partial charge is 0.458 e. The van der Waals surface area contributed by atoms with Crippen LogP contribution in [0.3, 0.4) is 0 Å². The van der Waals surface area contributed by atoms with Crippen molar-refractivity contribution >= 4 is 23.0 Å². The first-order valence-corrected chi connectivity index (χ1v) is 14.6. The largest absolute Gasteiger partial charge is 0.509 e. The Hall–Kier alpha value is -3.84. The van der Waals surface area contributed by atoms with Gasteiger partial charge >= 0.3 is 12.1 Å². The fraction of sp³-hybridized carbons (Fsp3) is 0.484. The number of carbonyl (C=O) groups is 2. The first-order valence-electron chi connectivity index (χ1n) is 14.6. The van der Waals surface area contributed by atoms with Gasteiger partial charge < -0.3 is 38.5 Å². The number of cyclic esters (lactones) is 1. The lowest BCUT2D eigenvalue weighted by Crippen LogP contribution is -2.39. The second-order valence-electron chi connectivity index (χ2n) is 9.61. The zero-order chi connectivity index (χ0) is 31.1. The highest BCUT2D eigenvalue weighted by Crippen LogP contribution is 2.36. The first-order chi connectivity index (χ1) is 20.9. The summed E-state index contributed by atoms with van der Waals surface area (Å²) in [5.41, 5.74) is 2.92. The number of hydrogen-bond acceptors (Lipinski definition) is 11. The molecule has 0 spiro atoms. The molecule has 1 fully saturated rings. The molecule has 43 heavy (non-hydrogen) atoms. The summed E-state index contributed by atoms with van der Waals surface area (Å²) in [6.07, 6.45) is -4.05. The van der Waals surface area contributed by atoms with Crippen LogP contribution in [0.2, 0.25) is 0 Å². The molecule has 0 bridgehead atoms. The number of hydrogen-bond donors (Lipinski definition) is 2. The van der Waals surface area contributed by atoms with Gasteiger partial charge in [0.25, 0.3) is 5.56 Å². The molecule has 3 aliphatic rings. The summed E-state index contributed by atoms with van der Waals surface area (Å²) in [4.78, 5) is 43.1. The van der Waals surface area contributed by atoms with E-state index in [1.54, 1.807) is 10.6 Å². The van der Waals surface area contributed by atoms with E-state index in [-0.39, 0.29) is 49.5 Å². The number of aromatic nitrogens is 2. The van der Waals surface area contributed by atoms with Crippen molar-refractivity contribution in [3.05, 3.63) is 63.4 Å². The molecule has 232 valence electrons. The number of aliphatic hydroxyl groups is 2.